The van der Waals surface area contributed by atoms with E-state index in [1.165, 1.54) is 29.7 Å². The third-order valence-corrected chi connectivity index (χ3v) is 4.53. The topological polar surface area (TPSA) is 46.4 Å². The number of anilines is 1. The molecule has 0 radical (unpaired) electrons. The molecule has 2 aliphatic rings. The van der Waals surface area contributed by atoms with Crippen molar-refractivity contribution >= 4 is 11.4 Å². The Labute approximate surface area is 123 Å². The van der Waals surface area contributed by atoms with Gasteiger partial charge in [-0.2, -0.15) is 0 Å². The molecule has 1 fully saturated rings. The molecule has 4 nitrogen and oxygen atoms in total. The van der Waals surface area contributed by atoms with Crippen LogP contribution in [-0.2, 0) is 6.42 Å². The fraction of sp³-hybridized carbons (Fsp3) is 0.294. The van der Waals surface area contributed by atoms with Crippen LogP contribution < -0.4 is 4.90 Å². The molecule has 4 rings (SSSR count). The van der Waals surface area contributed by atoms with Gasteiger partial charge in [0, 0.05) is 30.9 Å². The monoisotopic (exact) mass is 280 g/mol. The summed E-state index contributed by atoms with van der Waals surface area (Å²) in [5.41, 5.74) is 6.19. The average molecular weight is 280 g/mol. The highest BCUT2D eigenvalue weighted by atomic mass is 16.6. The number of non-ortho nitro benzene ring substituents is 1. The first kappa shape index (κ1) is 12.4. The van der Waals surface area contributed by atoms with Crippen LogP contribution in [0.4, 0.5) is 11.4 Å². The summed E-state index contributed by atoms with van der Waals surface area (Å²) < 4.78 is 0. The van der Waals surface area contributed by atoms with Crippen LogP contribution in [-0.4, -0.2) is 18.0 Å². The minimum Gasteiger partial charge on any atom is -0.372 e. The molecule has 0 aromatic heterocycles. The van der Waals surface area contributed by atoms with Gasteiger partial charge in [0.1, 0.15) is 0 Å². The number of nitro benzene ring substituents is 1. The second-order valence-corrected chi connectivity index (χ2v) is 5.81. The molecule has 0 N–H and O–H groups in total. The second-order valence-electron chi connectivity index (χ2n) is 5.81. The normalized spacial score (nSPS) is 15.9. The summed E-state index contributed by atoms with van der Waals surface area (Å²) in [5.74, 6) is 0. The van der Waals surface area contributed by atoms with Gasteiger partial charge in [0.25, 0.3) is 5.69 Å². The number of hydrogen-bond acceptors (Lipinski definition) is 3. The smallest absolute Gasteiger partial charge is 0.269 e. The van der Waals surface area contributed by atoms with Crippen LogP contribution in [0.25, 0.3) is 11.1 Å². The second kappa shape index (κ2) is 4.58. The number of benzene rings is 2. The summed E-state index contributed by atoms with van der Waals surface area (Å²) in [6, 6.07) is 11.8. The van der Waals surface area contributed by atoms with Gasteiger partial charge in [-0.25, -0.2) is 0 Å². The zero-order valence-corrected chi connectivity index (χ0v) is 11.7. The third-order valence-electron chi connectivity index (χ3n) is 4.53. The molecule has 1 heterocycles. The molecule has 1 aliphatic heterocycles. The minimum atomic E-state index is -0.321. The Bertz CT molecular complexity index is 734. The maximum atomic E-state index is 10.9. The van der Waals surface area contributed by atoms with E-state index in [2.05, 4.69) is 23.1 Å². The van der Waals surface area contributed by atoms with E-state index < -0.39 is 0 Å². The third kappa shape index (κ3) is 1.98. The Morgan fingerprint density at radius 1 is 0.952 bits per heavy atom. The summed E-state index contributed by atoms with van der Waals surface area (Å²) in [7, 11) is 0. The fourth-order valence-corrected chi connectivity index (χ4v) is 3.47. The Morgan fingerprint density at radius 2 is 1.62 bits per heavy atom. The van der Waals surface area contributed by atoms with Crippen molar-refractivity contribution < 1.29 is 4.92 Å². The van der Waals surface area contributed by atoms with E-state index in [-0.39, 0.29) is 10.6 Å². The number of rotatable bonds is 2. The van der Waals surface area contributed by atoms with Crippen LogP contribution in [0.1, 0.15) is 24.0 Å². The molecule has 1 aliphatic carbocycles. The van der Waals surface area contributed by atoms with Crippen molar-refractivity contribution in [2.24, 2.45) is 0 Å². The molecular weight excluding hydrogens is 264 g/mol. The molecule has 0 saturated carbocycles. The number of nitro groups is 1. The molecule has 0 amide bonds. The van der Waals surface area contributed by atoms with Gasteiger partial charge in [0.05, 0.1) is 4.92 Å². The molecule has 0 atom stereocenters. The largest absolute Gasteiger partial charge is 0.372 e. The van der Waals surface area contributed by atoms with E-state index in [1.807, 2.05) is 6.07 Å². The fourth-order valence-electron chi connectivity index (χ4n) is 3.47. The molecule has 2 aromatic rings. The van der Waals surface area contributed by atoms with E-state index in [1.54, 1.807) is 12.1 Å². The van der Waals surface area contributed by atoms with Crippen LogP contribution in [0, 0.1) is 10.1 Å². The molecule has 21 heavy (non-hydrogen) atoms. The number of fused-ring (bicyclic) bond motifs is 3. The first-order chi connectivity index (χ1) is 10.2. The van der Waals surface area contributed by atoms with Crippen molar-refractivity contribution in [1.29, 1.82) is 0 Å². The highest BCUT2D eigenvalue weighted by molar-refractivity contribution is 5.79. The van der Waals surface area contributed by atoms with Crippen molar-refractivity contribution in [2.45, 2.75) is 19.3 Å². The van der Waals surface area contributed by atoms with Crippen molar-refractivity contribution in [2.75, 3.05) is 18.0 Å². The lowest BCUT2D eigenvalue weighted by Gasteiger charge is -2.18. The summed E-state index contributed by atoms with van der Waals surface area (Å²) in [4.78, 5) is 13.0. The van der Waals surface area contributed by atoms with Crippen LogP contribution in [0.15, 0.2) is 36.4 Å². The Balaban J connectivity index is 1.72. The summed E-state index contributed by atoms with van der Waals surface area (Å²) in [5, 5.41) is 10.9. The predicted octanol–water partition coefficient (Wildman–Crippen LogP) is 3.77. The van der Waals surface area contributed by atoms with Crippen molar-refractivity contribution in [3.63, 3.8) is 0 Å². The molecule has 2 aromatic carbocycles. The first-order valence-corrected chi connectivity index (χ1v) is 7.38. The molecule has 0 unspecified atom stereocenters. The Morgan fingerprint density at radius 3 is 2.33 bits per heavy atom. The minimum absolute atomic E-state index is 0.182. The summed E-state index contributed by atoms with van der Waals surface area (Å²) in [6.45, 7) is 2.27. The van der Waals surface area contributed by atoms with E-state index in [9.17, 15) is 10.1 Å². The number of nitrogens with zero attached hydrogens (tertiary/aromatic N) is 2. The lowest BCUT2D eigenvalue weighted by molar-refractivity contribution is -0.384. The lowest BCUT2D eigenvalue weighted by Crippen LogP contribution is -2.17. The standard InChI is InChI=1S/C17H16N2O2/c20-19(21)15-4-6-17-13(11-15)9-12-10-14(3-5-16(12)17)18-7-1-2-8-18/h3-6,10-11H,1-2,7-9H2. The zero-order valence-electron chi connectivity index (χ0n) is 11.7. The van der Waals surface area contributed by atoms with Crippen LogP contribution in [0.5, 0.6) is 0 Å². The van der Waals surface area contributed by atoms with Gasteiger partial charge in [-0.3, -0.25) is 10.1 Å². The van der Waals surface area contributed by atoms with Gasteiger partial charge >= 0.3 is 0 Å². The lowest BCUT2D eigenvalue weighted by atomic mass is 10.0. The Kier molecular flexibility index (Phi) is 2.70. The van der Waals surface area contributed by atoms with Crippen LogP contribution in [0.3, 0.4) is 0 Å². The van der Waals surface area contributed by atoms with E-state index >= 15 is 0 Å². The molecule has 0 spiro atoms. The van der Waals surface area contributed by atoms with Crippen molar-refractivity contribution in [1.82, 2.24) is 0 Å². The van der Waals surface area contributed by atoms with Gasteiger partial charge in [-0.1, -0.05) is 6.07 Å². The van der Waals surface area contributed by atoms with Crippen LogP contribution >= 0.6 is 0 Å². The van der Waals surface area contributed by atoms with Gasteiger partial charge in [0.15, 0.2) is 0 Å². The maximum Gasteiger partial charge on any atom is 0.269 e. The molecular formula is C17H16N2O2. The molecule has 0 bridgehead atoms. The van der Waals surface area contributed by atoms with Crippen LogP contribution in [0.2, 0.25) is 0 Å². The predicted molar refractivity (Wildman–Crippen MR) is 82.8 cm³/mol. The Hall–Kier alpha value is -2.36. The van der Waals surface area contributed by atoms with Gasteiger partial charge < -0.3 is 4.90 Å². The molecule has 1 saturated heterocycles. The van der Waals surface area contributed by atoms with Crippen molar-refractivity contribution in [3.05, 3.63) is 57.6 Å². The zero-order chi connectivity index (χ0) is 14.4. The van der Waals surface area contributed by atoms with E-state index in [4.69, 9.17) is 0 Å². The summed E-state index contributed by atoms with van der Waals surface area (Å²) in [6.07, 6.45) is 3.33. The SMILES string of the molecule is O=[N+]([O-])c1ccc2c(c1)Cc1cc(N3CCCC3)ccc1-2. The van der Waals surface area contributed by atoms with E-state index in [0.29, 0.717) is 0 Å². The molecule has 106 valence electrons. The van der Waals surface area contributed by atoms with E-state index in [0.717, 1.165) is 30.6 Å². The first-order valence-electron chi connectivity index (χ1n) is 7.38. The van der Waals surface area contributed by atoms with Gasteiger partial charge in [-0.15, -0.1) is 0 Å². The average Bonchev–Trinajstić information content (AvgIpc) is 3.13. The summed E-state index contributed by atoms with van der Waals surface area (Å²) >= 11 is 0. The highest BCUT2D eigenvalue weighted by Crippen LogP contribution is 2.40. The maximum absolute atomic E-state index is 10.9. The van der Waals surface area contributed by atoms with Crippen molar-refractivity contribution in [3.8, 4) is 11.1 Å². The highest BCUT2D eigenvalue weighted by Gasteiger charge is 2.22. The molecule has 4 heteroatoms. The van der Waals surface area contributed by atoms with Gasteiger partial charge in [0.2, 0.25) is 0 Å². The number of hydrogen-bond donors (Lipinski definition) is 0. The quantitative estimate of drug-likeness (QED) is 0.530. The van der Waals surface area contributed by atoms with Gasteiger partial charge in [-0.05, 0) is 59.7 Å².